The Bertz CT molecular complexity index is 369. The molecule has 0 radical (unpaired) electrons. The lowest BCUT2D eigenvalue weighted by molar-refractivity contribution is -0.0500. The SMILES string of the molecule is Fc1cc(OC(F)F)ccc1OC1CNC1. The molecule has 1 aromatic carbocycles. The summed E-state index contributed by atoms with van der Waals surface area (Å²) in [5.74, 6) is -0.871. The second kappa shape index (κ2) is 4.61. The van der Waals surface area contributed by atoms with E-state index in [1.54, 1.807) is 0 Å². The van der Waals surface area contributed by atoms with Crippen molar-refractivity contribution in [3.05, 3.63) is 24.0 Å². The van der Waals surface area contributed by atoms with Crippen molar-refractivity contribution in [3.8, 4) is 11.5 Å². The zero-order chi connectivity index (χ0) is 11.5. The largest absolute Gasteiger partial charge is 0.485 e. The second-order valence-electron chi connectivity index (χ2n) is 3.37. The summed E-state index contributed by atoms with van der Waals surface area (Å²) < 4.78 is 46.4. The highest BCUT2D eigenvalue weighted by Gasteiger charge is 2.20. The van der Waals surface area contributed by atoms with Gasteiger partial charge in [0, 0.05) is 19.2 Å². The maximum absolute atomic E-state index is 13.4. The van der Waals surface area contributed by atoms with Crippen LogP contribution >= 0.6 is 0 Å². The van der Waals surface area contributed by atoms with Crippen LogP contribution in [0.5, 0.6) is 11.5 Å². The lowest BCUT2D eigenvalue weighted by Gasteiger charge is -2.27. The average molecular weight is 233 g/mol. The van der Waals surface area contributed by atoms with Crippen LogP contribution in [-0.4, -0.2) is 25.8 Å². The van der Waals surface area contributed by atoms with Crippen LogP contribution in [0.2, 0.25) is 0 Å². The van der Waals surface area contributed by atoms with Crippen LogP contribution in [0.15, 0.2) is 18.2 Å². The molecule has 16 heavy (non-hydrogen) atoms. The molecule has 1 aliphatic rings. The van der Waals surface area contributed by atoms with E-state index in [1.807, 2.05) is 0 Å². The summed E-state index contributed by atoms with van der Waals surface area (Å²) in [6, 6.07) is 3.41. The first kappa shape index (κ1) is 11.1. The highest BCUT2D eigenvalue weighted by Crippen LogP contribution is 2.25. The first-order valence-corrected chi connectivity index (χ1v) is 4.77. The van der Waals surface area contributed by atoms with Crippen molar-refractivity contribution >= 4 is 0 Å². The summed E-state index contributed by atoms with van der Waals surface area (Å²) in [4.78, 5) is 0. The van der Waals surface area contributed by atoms with E-state index in [9.17, 15) is 13.2 Å². The Morgan fingerprint density at radius 2 is 2.06 bits per heavy atom. The summed E-state index contributed by atoms with van der Waals surface area (Å²) in [5, 5.41) is 2.97. The van der Waals surface area contributed by atoms with E-state index in [1.165, 1.54) is 12.1 Å². The molecular formula is C10H10F3NO2. The van der Waals surface area contributed by atoms with Gasteiger partial charge in [-0.2, -0.15) is 8.78 Å². The predicted molar refractivity (Wildman–Crippen MR) is 50.3 cm³/mol. The van der Waals surface area contributed by atoms with E-state index in [0.717, 1.165) is 6.07 Å². The van der Waals surface area contributed by atoms with Crippen LogP contribution in [0.1, 0.15) is 0 Å². The van der Waals surface area contributed by atoms with Crippen LogP contribution in [0.3, 0.4) is 0 Å². The van der Waals surface area contributed by atoms with E-state index < -0.39 is 12.4 Å². The van der Waals surface area contributed by atoms with Gasteiger partial charge >= 0.3 is 6.61 Å². The summed E-state index contributed by atoms with van der Waals surface area (Å²) in [6.07, 6.45) is -0.0589. The quantitative estimate of drug-likeness (QED) is 0.859. The van der Waals surface area contributed by atoms with Gasteiger partial charge in [-0.1, -0.05) is 0 Å². The summed E-state index contributed by atoms with van der Waals surface area (Å²) >= 11 is 0. The molecule has 1 N–H and O–H groups in total. The third-order valence-electron chi connectivity index (χ3n) is 2.17. The summed E-state index contributed by atoms with van der Waals surface area (Å²) in [7, 11) is 0. The smallest absolute Gasteiger partial charge is 0.387 e. The number of ether oxygens (including phenoxy) is 2. The van der Waals surface area contributed by atoms with Crippen molar-refractivity contribution in [3.63, 3.8) is 0 Å². The van der Waals surface area contributed by atoms with Crippen molar-refractivity contribution in [2.75, 3.05) is 13.1 Å². The molecule has 1 saturated heterocycles. The molecule has 1 aromatic rings. The topological polar surface area (TPSA) is 30.5 Å². The first-order chi connectivity index (χ1) is 7.65. The predicted octanol–water partition coefficient (Wildman–Crippen LogP) is 1.78. The fourth-order valence-electron chi connectivity index (χ4n) is 1.28. The molecule has 1 aliphatic heterocycles. The molecule has 0 spiro atoms. The van der Waals surface area contributed by atoms with Gasteiger partial charge in [0.05, 0.1) is 0 Å². The lowest BCUT2D eigenvalue weighted by atomic mass is 10.2. The third kappa shape index (κ3) is 2.57. The Morgan fingerprint density at radius 3 is 2.56 bits per heavy atom. The standard InChI is InChI=1S/C10H10F3NO2/c11-8-3-6(16-10(12)13)1-2-9(8)15-7-4-14-5-7/h1-3,7,10,14H,4-5H2. The molecule has 0 unspecified atom stereocenters. The molecule has 6 heteroatoms. The van der Waals surface area contributed by atoms with Gasteiger partial charge in [0.2, 0.25) is 0 Å². The Labute approximate surface area is 90.2 Å². The molecule has 1 heterocycles. The van der Waals surface area contributed by atoms with Gasteiger partial charge in [-0.3, -0.25) is 0 Å². The van der Waals surface area contributed by atoms with Gasteiger partial charge in [-0.05, 0) is 12.1 Å². The molecular weight excluding hydrogens is 223 g/mol. The van der Waals surface area contributed by atoms with Crippen molar-refractivity contribution in [1.82, 2.24) is 5.32 Å². The Morgan fingerprint density at radius 1 is 1.31 bits per heavy atom. The average Bonchev–Trinajstić information content (AvgIpc) is 2.12. The molecule has 1 fully saturated rings. The van der Waals surface area contributed by atoms with Crippen LogP contribution in [-0.2, 0) is 0 Å². The molecule has 0 aromatic heterocycles. The Hall–Kier alpha value is -1.43. The minimum Gasteiger partial charge on any atom is -0.485 e. The number of nitrogens with one attached hydrogen (secondary N) is 1. The minimum atomic E-state index is -2.96. The Kier molecular flexibility index (Phi) is 3.19. The van der Waals surface area contributed by atoms with Crippen molar-refractivity contribution in [2.24, 2.45) is 0 Å². The normalized spacial score (nSPS) is 16.0. The van der Waals surface area contributed by atoms with E-state index in [0.29, 0.717) is 13.1 Å². The monoisotopic (exact) mass is 233 g/mol. The van der Waals surface area contributed by atoms with Gasteiger partial charge in [0.25, 0.3) is 0 Å². The summed E-state index contributed by atoms with van der Waals surface area (Å²) in [5.41, 5.74) is 0. The number of halogens is 3. The third-order valence-corrected chi connectivity index (χ3v) is 2.17. The maximum Gasteiger partial charge on any atom is 0.387 e. The minimum absolute atomic E-state index is 0.0492. The molecule has 3 nitrogen and oxygen atoms in total. The first-order valence-electron chi connectivity index (χ1n) is 4.77. The van der Waals surface area contributed by atoms with Crippen LogP contribution in [0.25, 0.3) is 0 Å². The number of rotatable bonds is 4. The van der Waals surface area contributed by atoms with Crippen molar-refractivity contribution in [2.45, 2.75) is 12.7 Å². The second-order valence-corrected chi connectivity index (χ2v) is 3.37. The van der Waals surface area contributed by atoms with E-state index in [2.05, 4.69) is 10.1 Å². The fourth-order valence-corrected chi connectivity index (χ4v) is 1.28. The van der Waals surface area contributed by atoms with Gasteiger partial charge in [-0.25, -0.2) is 4.39 Å². The van der Waals surface area contributed by atoms with Gasteiger partial charge in [0.15, 0.2) is 11.6 Å². The molecule has 0 atom stereocenters. The van der Waals surface area contributed by atoms with E-state index in [4.69, 9.17) is 4.74 Å². The molecule has 0 aliphatic carbocycles. The molecule has 0 saturated carbocycles. The van der Waals surface area contributed by atoms with Crippen LogP contribution < -0.4 is 14.8 Å². The lowest BCUT2D eigenvalue weighted by Crippen LogP contribution is -2.50. The highest BCUT2D eigenvalue weighted by molar-refractivity contribution is 5.33. The molecule has 2 rings (SSSR count). The van der Waals surface area contributed by atoms with Crippen LogP contribution in [0, 0.1) is 5.82 Å². The van der Waals surface area contributed by atoms with E-state index in [-0.39, 0.29) is 17.6 Å². The summed E-state index contributed by atoms with van der Waals surface area (Å²) in [6.45, 7) is -1.63. The van der Waals surface area contributed by atoms with Gasteiger partial charge in [-0.15, -0.1) is 0 Å². The number of benzene rings is 1. The molecule has 88 valence electrons. The maximum atomic E-state index is 13.4. The highest BCUT2D eigenvalue weighted by atomic mass is 19.3. The van der Waals surface area contributed by atoms with E-state index >= 15 is 0 Å². The van der Waals surface area contributed by atoms with Crippen LogP contribution in [0.4, 0.5) is 13.2 Å². The fraction of sp³-hybridized carbons (Fsp3) is 0.400. The zero-order valence-electron chi connectivity index (χ0n) is 8.25. The molecule has 0 amide bonds. The zero-order valence-corrected chi connectivity index (χ0v) is 8.25. The Balaban J connectivity index is 2.03. The number of alkyl halides is 2. The van der Waals surface area contributed by atoms with Crippen molar-refractivity contribution in [1.29, 1.82) is 0 Å². The number of hydrogen-bond acceptors (Lipinski definition) is 3. The van der Waals surface area contributed by atoms with Gasteiger partial charge in [0.1, 0.15) is 11.9 Å². The molecule has 0 bridgehead atoms. The van der Waals surface area contributed by atoms with Crippen molar-refractivity contribution < 1.29 is 22.6 Å². The number of hydrogen-bond donors (Lipinski definition) is 1. The van der Waals surface area contributed by atoms with Gasteiger partial charge < -0.3 is 14.8 Å².